The van der Waals surface area contributed by atoms with Crippen molar-refractivity contribution in [1.29, 1.82) is 0 Å². The van der Waals surface area contributed by atoms with Crippen molar-refractivity contribution in [2.45, 2.75) is 40.5 Å². The van der Waals surface area contributed by atoms with Crippen molar-refractivity contribution in [2.75, 3.05) is 5.32 Å². The van der Waals surface area contributed by atoms with Crippen LogP contribution < -0.4 is 5.32 Å². The smallest absolute Gasteiger partial charge is 0.255 e. The number of benzene rings is 2. The first kappa shape index (κ1) is 19.2. The first-order valence-electron chi connectivity index (χ1n) is 9.20. The average Bonchev–Trinajstić information content (AvgIpc) is 2.95. The Balaban J connectivity index is 1.86. The van der Waals surface area contributed by atoms with E-state index in [2.05, 4.69) is 36.4 Å². The summed E-state index contributed by atoms with van der Waals surface area (Å²) in [6.07, 6.45) is 1.75. The predicted octanol–water partition coefficient (Wildman–Crippen LogP) is 5.52. The van der Waals surface area contributed by atoms with E-state index in [0.717, 1.165) is 46.7 Å². The van der Waals surface area contributed by atoms with Gasteiger partial charge in [0.2, 0.25) is 0 Å². The number of nitrogens with one attached hydrogen (secondary N) is 1. The maximum absolute atomic E-state index is 12.8. The molecule has 0 atom stereocenters. The normalized spacial score (nSPS) is 10.9. The summed E-state index contributed by atoms with van der Waals surface area (Å²) in [4.78, 5) is 12.8. The summed E-state index contributed by atoms with van der Waals surface area (Å²) in [6, 6.07) is 13.6. The topological polar surface area (TPSA) is 46.9 Å². The molecule has 0 spiro atoms. The summed E-state index contributed by atoms with van der Waals surface area (Å²) >= 11 is 6.23. The molecule has 140 valence electrons. The Hall–Kier alpha value is -2.59. The summed E-state index contributed by atoms with van der Waals surface area (Å²) < 4.78 is 1.79. The SMILES string of the molecule is CCc1cccc(CC)c1NC(=O)c1ccc(-n2nc(C)c(Cl)c2C)cc1. The molecule has 5 heteroatoms. The molecule has 0 fully saturated rings. The zero-order valence-corrected chi connectivity index (χ0v) is 16.9. The zero-order valence-electron chi connectivity index (χ0n) is 16.1. The minimum absolute atomic E-state index is 0.108. The Bertz CT molecular complexity index is 952. The second kappa shape index (κ2) is 7.97. The number of para-hydroxylation sites is 1. The number of halogens is 1. The maximum atomic E-state index is 12.8. The molecule has 3 aromatic rings. The molecule has 1 amide bonds. The van der Waals surface area contributed by atoms with Crippen LogP contribution in [0.2, 0.25) is 5.02 Å². The third-order valence-electron chi connectivity index (χ3n) is 4.81. The summed E-state index contributed by atoms with van der Waals surface area (Å²) in [6.45, 7) is 8.00. The van der Waals surface area contributed by atoms with Gasteiger partial charge in [-0.3, -0.25) is 4.79 Å². The van der Waals surface area contributed by atoms with Crippen molar-refractivity contribution in [3.63, 3.8) is 0 Å². The van der Waals surface area contributed by atoms with Crippen molar-refractivity contribution in [2.24, 2.45) is 0 Å². The molecule has 2 aromatic carbocycles. The van der Waals surface area contributed by atoms with Gasteiger partial charge in [0.1, 0.15) is 0 Å². The van der Waals surface area contributed by atoms with Gasteiger partial charge in [-0.15, -0.1) is 0 Å². The standard InChI is InChI=1S/C22H24ClN3O/c1-5-16-8-7-9-17(6-2)21(16)24-22(27)18-10-12-19(13-11-18)26-15(4)20(23)14(3)25-26/h7-13H,5-6H2,1-4H3,(H,24,27). The Morgan fingerprint density at radius 1 is 1.04 bits per heavy atom. The molecular formula is C22H24ClN3O. The van der Waals surface area contributed by atoms with E-state index in [0.29, 0.717) is 10.6 Å². The number of carbonyl (C=O) groups is 1. The fourth-order valence-corrected chi connectivity index (χ4v) is 3.34. The van der Waals surface area contributed by atoms with Crippen LogP contribution in [0, 0.1) is 13.8 Å². The van der Waals surface area contributed by atoms with Crippen LogP contribution in [0.4, 0.5) is 5.69 Å². The summed E-state index contributed by atoms with van der Waals surface area (Å²) in [5.74, 6) is -0.108. The molecule has 0 aliphatic carbocycles. The van der Waals surface area contributed by atoms with Crippen LogP contribution in [0.1, 0.15) is 46.7 Å². The van der Waals surface area contributed by atoms with Gasteiger partial charge in [0.25, 0.3) is 5.91 Å². The minimum atomic E-state index is -0.108. The highest BCUT2D eigenvalue weighted by Crippen LogP contribution is 2.25. The van der Waals surface area contributed by atoms with Crippen LogP contribution in [0.3, 0.4) is 0 Å². The molecule has 0 aliphatic heterocycles. The van der Waals surface area contributed by atoms with E-state index in [4.69, 9.17) is 11.6 Å². The number of aryl methyl sites for hydroxylation is 3. The summed E-state index contributed by atoms with van der Waals surface area (Å²) in [5, 5.41) is 8.22. The van der Waals surface area contributed by atoms with Gasteiger partial charge in [0, 0.05) is 11.3 Å². The number of anilines is 1. The number of aromatic nitrogens is 2. The lowest BCUT2D eigenvalue weighted by atomic mass is 10.0. The Morgan fingerprint density at radius 2 is 1.63 bits per heavy atom. The number of amides is 1. The van der Waals surface area contributed by atoms with Crippen molar-refractivity contribution in [3.05, 3.63) is 75.6 Å². The van der Waals surface area contributed by atoms with E-state index in [-0.39, 0.29) is 5.91 Å². The molecule has 0 aliphatic rings. The van der Waals surface area contributed by atoms with Gasteiger partial charge in [-0.1, -0.05) is 43.6 Å². The van der Waals surface area contributed by atoms with Gasteiger partial charge in [-0.25, -0.2) is 4.68 Å². The summed E-state index contributed by atoms with van der Waals surface area (Å²) in [5.41, 5.74) is 6.40. The molecule has 1 heterocycles. The van der Waals surface area contributed by atoms with Crippen LogP contribution in [-0.2, 0) is 12.8 Å². The van der Waals surface area contributed by atoms with Gasteiger partial charge in [0.15, 0.2) is 0 Å². The fraction of sp³-hybridized carbons (Fsp3) is 0.273. The maximum Gasteiger partial charge on any atom is 0.255 e. The van der Waals surface area contributed by atoms with E-state index in [1.807, 2.05) is 44.2 Å². The van der Waals surface area contributed by atoms with E-state index in [9.17, 15) is 4.79 Å². The van der Waals surface area contributed by atoms with Gasteiger partial charge in [0.05, 0.1) is 22.1 Å². The number of nitrogens with zero attached hydrogens (tertiary/aromatic N) is 2. The molecule has 27 heavy (non-hydrogen) atoms. The third kappa shape index (κ3) is 3.76. The highest BCUT2D eigenvalue weighted by atomic mass is 35.5. The Morgan fingerprint density at radius 3 is 2.11 bits per heavy atom. The number of rotatable bonds is 5. The predicted molar refractivity (Wildman–Crippen MR) is 111 cm³/mol. The molecule has 0 unspecified atom stereocenters. The van der Waals surface area contributed by atoms with Crippen LogP contribution in [0.15, 0.2) is 42.5 Å². The number of carbonyl (C=O) groups excluding carboxylic acids is 1. The third-order valence-corrected chi connectivity index (χ3v) is 5.36. The van der Waals surface area contributed by atoms with Crippen LogP contribution >= 0.6 is 11.6 Å². The van der Waals surface area contributed by atoms with Gasteiger partial charge < -0.3 is 5.32 Å². The average molecular weight is 382 g/mol. The molecule has 1 N–H and O–H groups in total. The molecule has 0 saturated heterocycles. The number of hydrogen-bond donors (Lipinski definition) is 1. The fourth-order valence-electron chi connectivity index (χ4n) is 3.22. The zero-order chi connectivity index (χ0) is 19.6. The quantitative estimate of drug-likeness (QED) is 0.632. The van der Waals surface area contributed by atoms with E-state index >= 15 is 0 Å². The Labute approximate surface area is 165 Å². The first-order chi connectivity index (χ1) is 13.0. The van der Waals surface area contributed by atoms with Crippen molar-refractivity contribution in [3.8, 4) is 5.69 Å². The highest BCUT2D eigenvalue weighted by molar-refractivity contribution is 6.31. The molecule has 4 nitrogen and oxygen atoms in total. The van der Waals surface area contributed by atoms with Gasteiger partial charge >= 0.3 is 0 Å². The van der Waals surface area contributed by atoms with Crippen LogP contribution in [-0.4, -0.2) is 15.7 Å². The second-order valence-electron chi connectivity index (χ2n) is 6.56. The largest absolute Gasteiger partial charge is 0.321 e. The first-order valence-corrected chi connectivity index (χ1v) is 9.58. The van der Waals surface area contributed by atoms with Gasteiger partial charge in [-0.2, -0.15) is 5.10 Å². The van der Waals surface area contributed by atoms with Crippen molar-refractivity contribution >= 4 is 23.2 Å². The summed E-state index contributed by atoms with van der Waals surface area (Å²) in [7, 11) is 0. The van der Waals surface area contributed by atoms with Crippen molar-refractivity contribution in [1.82, 2.24) is 9.78 Å². The van der Waals surface area contributed by atoms with Crippen molar-refractivity contribution < 1.29 is 4.79 Å². The van der Waals surface area contributed by atoms with Gasteiger partial charge in [-0.05, 0) is 62.1 Å². The second-order valence-corrected chi connectivity index (χ2v) is 6.93. The number of hydrogen-bond acceptors (Lipinski definition) is 2. The molecule has 3 rings (SSSR count). The van der Waals surface area contributed by atoms with E-state index < -0.39 is 0 Å². The molecule has 1 aromatic heterocycles. The van der Waals surface area contributed by atoms with Crippen LogP contribution in [0.5, 0.6) is 0 Å². The minimum Gasteiger partial charge on any atom is -0.321 e. The lowest BCUT2D eigenvalue weighted by Crippen LogP contribution is -2.15. The lowest BCUT2D eigenvalue weighted by molar-refractivity contribution is 0.102. The molecule has 0 bridgehead atoms. The monoisotopic (exact) mass is 381 g/mol. The highest BCUT2D eigenvalue weighted by Gasteiger charge is 2.14. The molecular weight excluding hydrogens is 358 g/mol. The van der Waals surface area contributed by atoms with E-state index in [1.54, 1.807) is 4.68 Å². The Kier molecular flexibility index (Phi) is 5.66. The molecule has 0 saturated carbocycles. The molecule has 0 radical (unpaired) electrons. The van der Waals surface area contributed by atoms with E-state index in [1.165, 1.54) is 0 Å². The van der Waals surface area contributed by atoms with Crippen LogP contribution in [0.25, 0.3) is 5.69 Å². The lowest BCUT2D eigenvalue weighted by Gasteiger charge is -2.14.